The van der Waals surface area contributed by atoms with E-state index in [1.807, 2.05) is 6.07 Å². The molecule has 29 heavy (non-hydrogen) atoms. The standard InChI is InChI=1S/C21H16ClF2NO3S/c1-21(20(27)28,16-8-12(23)6-7-18(16)24)10-14(26)9-13-11-29-19(25-13)15-4-2-3-5-17(15)22/h2-8,11H,9-10H2,1H3,(H,27,28). The molecule has 2 aromatic carbocycles. The number of ketones is 1. The van der Waals surface area contributed by atoms with Gasteiger partial charge in [-0.2, -0.15) is 0 Å². The third kappa shape index (κ3) is 4.52. The Kier molecular flexibility index (Phi) is 6.10. The van der Waals surface area contributed by atoms with Gasteiger partial charge in [0.25, 0.3) is 0 Å². The molecule has 4 nitrogen and oxygen atoms in total. The maximum atomic E-state index is 14.2. The van der Waals surface area contributed by atoms with Crippen LogP contribution in [0.2, 0.25) is 5.02 Å². The molecular weight excluding hydrogens is 420 g/mol. The van der Waals surface area contributed by atoms with Crippen LogP contribution in [0.25, 0.3) is 10.6 Å². The molecule has 1 unspecified atom stereocenters. The number of benzene rings is 2. The Morgan fingerprint density at radius 3 is 2.62 bits per heavy atom. The quantitative estimate of drug-likeness (QED) is 0.547. The first kappa shape index (κ1) is 21.1. The lowest BCUT2D eigenvalue weighted by atomic mass is 9.77. The molecule has 0 aliphatic heterocycles. The summed E-state index contributed by atoms with van der Waals surface area (Å²) in [5.41, 5.74) is -1.07. The smallest absolute Gasteiger partial charge is 0.314 e. The highest BCUT2D eigenvalue weighted by molar-refractivity contribution is 7.13. The van der Waals surface area contributed by atoms with Gasteiger partial charge in [0.1, 0.15) is 22.4 Å². The van der Waals surface area contributed by atoms with Crippen LogP contribution in [0.5, 0.6) is 0 Å². The highest BCUT2D eigenvalue weighted by atomic mass is 35.5. The van der Waals surface area contributed by atoms with Gasteiger partial charge in [0.15, 0.2) is 0 Å². The largest absolute Gasteiger partial charge is 0.481 e. The Morgan fingerprint density at radius 2 is 1.93 bits per heavy atom. The molecule has 3 aromatic rings. The lowest BCUT2D eigenvalue weighted by Gasteiger charge is -2.25. The average Bonchev–Trinajstić information content (AvgIpc) is 3.11. The van der Waals surface area contributed by atoms with Crippen molar-refractivity contribution in [1.29, 1.82) is 0 Å². The molecule has 0 fully saturated rings. The molecule has 150 valence electrons. The van der Waals surface area contributed by atoms with Crippen LogP contribution >= 0.6 is 22.9 Å². The fourth-order valence-electron chi connectivity index (χ4n) is 3.01. The molecule has 0 radical (unpaired) electrons. The van der Waals surface area contributed by atoms with Crippen molar-refractivity contribution in [3.63, 3.8) is 0 Å². The first-order chi connectivity index (χ1) is 13.7. The number of nitrogens with zero attached hydrogens (tertiary/aromatic N) is 1. The molecule has 0 amide bonds. The number of Topliss-reactive ketones (excluding diaryl/α,β-unsaturated/α-hetero) is 1. The van der Waals surface area contributed by atoms with Crippen LogP contribution < -0.4 is 0 Å². The minimum absolute atomic E-state index is 0.124. The zero-order valence-electron chi connectivity index (χ0n) is 15.3. The highest BCUT2D eigenvalue weighted by Crippen LogP contribution is 2.33. The Hall–Kier alpha value is -2.64. The van der Waals surface area contributed by atoms with Crippen LogP contribution in [0.1, 0.15) is 24.6 Å². The monoisotopic (exact) mass is 435 g/mol. The number of thiazole rings is 1. The molecule has 0 saturated carbocycles. The fraction of sp³-hybridized carbons (Fsp3) is 0.190. The van der Waals surface area contributed by atoms with Gasteiger partial charge in [0.2, 0.25) is 0 Å². The van der Waals surface area contributed by atoms with Gasteiger partial charge >= 0.3 is 5.97 Å². The van der Waals surface area contributed by atoms with Crippen LogP contribution in [0, 0.1) is 11.6 Å². The number of carbonyl (C=O) groups excluding carboxylic acids is 1. The van der Waals surface area contributed by atoms with Gasteiger partial charge in [-0.3, -0.25) is 9.59 Å². The number of hydrogen-bond acceptors (Lipinski definition) is 4. The van der Waals surface area contributed by atoms with Crippen LogP contribution in [0.4, 0.5) is 8.78 Å². The second-order valence-corrected chi connectivity index (χ2v) is 8.04. The lowest BCUT2D eigenvalue weighted by Crippen LogP contribution is -2.36. The molecule has 1 atom stereocenters. The number of carboxylic acid groups (broad SMARTS) is 1. The molecular formula is C21H16ClF2NO3S. The topological polar surface area (TPSA) is 67.3 Å². The highest BCUT2D eigenvalue weighted by Gasteiger charge is 2.40. The Morgan fingerprint density at radius 1 is 1.21 bits per heavy atom. The first-order valence-electron chi connectivity index (χ1n) is 8.60. The van der Waals surface area contributed by atoms with Gasteiger partial charge in [-0.05, 0) is 31.2 Å². The first-order valence-corrected chi connectivity index (χ1v) is 9.86. The van der Waals surface area contributed by atoms with E-state index in [0.717, 1.165) is 23.8 Å². The molecule has 0 saturated heterocycles. The maximum absolute atomic E-state index is 14.2. The number of carbonyl (C=O) groups is 2. The third-order valence-corrected chi connectivity index (χ3v) is 5.83. The van der Waals surface area contributed by atoms with E-state index in [9.17, 15) is 23.5 Å². The van der Waals surface area contributed by atoms with Gasteiger partial charge in [-0.25, -0.2) is 13.8 Å². The molecule has 1 N–H and O–H groups in total. The minimum Gasteiger partial charge on any atom is -0.481 e. The molecule has 0 bridgehead atoms. The summed E-state index contributed by atoms with van der Waals surface area (Å²) < 4.78 is 27.7. The van der Waals surface area contributed by atoms with E-state index in [0.29, 0.717) is 15.7 Å². The molecule has 0 aliphatic carbocycles. The number of halogens is 3. The van der Waals surface area contributed by atoms with E-state index in [2.05, 4.69) is 4.98 Å². The van der Waals surface area contributed by atoms with Gasteiger partial charge in [-0.15, -0.1) is 11.3 Å². The van der Waals surface area contributed by atoms with E-state index in [4.69, 9.17) is 11.6 Å². The van der Waals surface area contributed by atoms with Gasteiger partial charge in [0, 0.05) is 29.3 Å². The Labute approximate surface area is 174 Å². The van der Waals surface area contributed by atoms with Gasteiger partial charge in [0.05, 0.1) is 16.1 Å². The summed E-state index contributed by atoms with van der Waals surface area (Å²) >= 11 is 7.47. The van der Waals surface area contributed by atoms with Crippen molar-refractivity contribution in [1.82, 2.24) is 4.98 Å². The van der Waals surface area contributed by atoms with Crippen molar-refractivity contribution < 1.29 is 23.5 Å². The van der Waals surface area contributed by atoms with Gasteiger partial charge in [-0.1, -0.05) is 29.8 Å². The van der Waals surface area contributed by atoms with Crippen molar-refractivity contribution in [3.05, 3.63) is 75.8 Å². The van der Waals surface area contributed by atoms with Gasteiger partial charge < -0.3 is 5.11 Å². The summed E-state index contributed by atoms with van der Waals surface area (Å²) in [5.74, 6) is -3.51. The van der Waals surface area contributed by atoms with E-state index >= 15 is 0 Å². The molecule has 3 rings (SSSR count). The molecule has 8 heteroatoms. The number of rotatable bonds is 7. The summed E-state index contributed by atoms with van der Waals surface area (Å²) in [5, 5.41) is 12.5. The number of hydrogen-bond donors (Lipinski definition) is 1. The van der Waals surface area contributed by atoms with E-state index in [1.165, 1.54) is 18.3 Å². The Balaban J connectivity index is 1.81. The summed E-state index contributed by atoms with van der Waals surface area (Å²) in [6, 6.07) is 9.72. The van der Waals surface area contributed by atoms with E-state index in [1.54, 1.807) is 23.6 Å². The van der Waals surface area contributed by atoms with Crippen molar-refractivity contribution in [2.75, 3.05) is 0 Å². The zero-order valence-corrected chi connectivity index (χ0v) is 16.9. The maximum Gasteiger partial charge on any atom is 0.314 e. The molecule has 1 heterocycles. The molecule has 0 spiro atoms. The molecule has 0 aliphatic rings. The minimum atomic E-state index is -1.90. The van der Waals surface area contributed by atoms with Crippen molar-refractivity contribution in [2.24, 2.45) is 0 Å². The summed E-state index contributed by atoms with van der Waals surface area (Å²) in [7, 11) is 0. The van der Waals surface area contributed by atoms with Crippen LogP contribution in [-0.4, -0.2) is 21.8 Å². The Bertz CT molecular complexity index is 1090. The summed E-state index contributed by atoms with van der Waals surface area (Å²) in [6.07, 6.45) is -0.623. The normalized spacial score (nSPS) is 13.1. The van der Waals surface area contributed by atoms with Crippen LogP contribution in [-0.2, 0) is 21.4 Å². The zero-order chi connectivity index (χ0) is 21.2. The number of aliphatic carboxylic acids is 1. The van der Waals surface area contributed by atoms with E-state index < -0.39 is 35.2 Å². The number of aromatic nitrogens is 1. The predicted octanol–water partition coefficient (Wildman–Crippen LogP) is 5.29. The van der Waals surface area contributed by atoms with Crippen LogP contribution in [0.15, 0.2) is 47.8 Å². The second-order valence-electron chi connectivity index (χ2n) is 6.78. The number of carboxylic acids is 1. The predicted molar refractivity (Wildman–Crippen MR) is 107 cm³/mol. The fourth-order valence-corrected chi connectivity index (χ4v) is 4.15. The SMILES string of the molecule is CC(CC(=O)Cc1csc(-c2ccccc2Cl)n1)(C(=O)O)c1cc(F)ccc1F. The molecule has 1 aromatic heterocycles. The second kappa shape index (κ2) is 8.39. The third-order valence-electron chi connectivity index (χ3n) is 4.58. The van der Waals surface area contributed by atoms with Crippen molar-refractivity contribution >= 4 is 34.7 Å². The summed E-state index contributed by atoms with van der Waals surface area (Å²) in [4.78, 5) is 28.8. The van der Waals surface area contributed by atoms with Crippen molar-refractivity contribution in [2.45, 2.75) is 25.2 Å². The van der Waals surface area contributed by atoms with E-state index in [-0.39, 0.29) is 12.0 Å². The summed E-state index contributed by atoms with van der Waals surface area (Å²) in [6.45, 7) is 1.21. The van der Waals surface area contributed by atoms with Crippen molar-refractivity contribution in [3.8, 4) is 10.6 Å². The lowest BCUT2D eigenvalue weighted by molar-refractivity contribution is -0.145. The van der Waals surface area contributed by atoms with Crippen LogP contribution in [0.3, 0.4) is 0 Å². The average molecular weight is 436 g/mol.